The van der Waals surface area contributed by atoms with Gasteiger partial charge in [0.05, 0.1) is 29.0 Å². The predicted molar refractivity (Wildman–Crippen MR) is 158 cm³/mol. The molecule has 0 aromatic heterocycles. The molecule has 6 heteroatoms. The Morgan fingerprint density at radius 3 is 1.06 bits per heavy atom. The summed E-state index contributed by atoms with van der Waals surface area (Å²) in [5.74, 6) is 2.40. The van der Waals surface area contributed by atoms with Crippen LogP contribution in [0.3, 0.4) is 0 Å². The van der Waals surface area contributed by atoms with E-state index in [4.69, 9.17) is 9.47 Å². The number of hydrogen-bond donors (Lipinski definition) is 0. The molecule has 0 aromatic carbocycles. The van der Waals surface area contributed by atoms with Gasteiger partial charge in [-0.15, -0.1) is 0 Å². The van der Waals surface area contributed by atoms with Gasteiger partial charge in [0.2, 0.25) is 0 Å². The lowest BCUT2D eigenvalue weighted by atomic mass is 10.4. The molecule has 2 nitrogen and oxygen atoms in total. The van der Waals surface area contributed by atoms with Crippen molar-refractivity contribution in [2.75, 3.05) is 24.7 Å². The summed E-state index contributed by atoms with van der Waals surface area (Å²) in [4.78, 5) is 0. The zero-order valence-corrected chi connectivity index (χ0v) is 26.6. The second kappa shape index (κ2) is 25.2. The van der Waals surface area contributed by atoms with Gasteiger partial charge in [-0.2, -0.15) is 0 Å². The Morgan fingerprint density at radius 1 is 0.500 bits per heavy atom. The molecule has 0 spiro atoms. The van der Waals surface area contributed by atoms with Crippen LogP contribution < -0.4 is 0 Å². The molecule has 32 heavy (non-hydrogen) atoms. The van der Waals surface area contributed by atoms with Crippen LogP contribution in [-0.4, -0.2) is 53.8 Å². The van der Waals surface area contributed by atoms with Crippen molar-refractivity contribution in [3.63, 3.8) is 0 Å². The van der Waals surface area contributed by atoms with Gasteiger partial charge in [0.15, 0.2) is 0 Å². The molecule has 0 saturated carbocycles. The summed E-state index contributed by atoms with van der Waals surface area (Å²) in [5.41, 5.74) is 1.13. The van der Waals surface area contributed by atoms with Crippen molar-refractivity contribution in [2.24, 2.45) is 0 Å². The molecular weight excluding hydrogens is 465 g/mol. The SMILES string of the molecule is CCCC[SiH](CCCC)C(CSSCC(OCCC)[SiH](CCCC)CCCC)OCCC. The van der Waals surface area contributed by atoms with Crippen molar-refractivity contribution < 1.29 is 9.47 Å². The van der Waals surface area contributed by atoms with E-state index in [1.54, 1.807) is 0 Å². The third kappa shape index (κ3) is 17.5. The molecule has 0 amide bonds. The van der Waals surface area contributed by atoms with Gasteiger partial charge in [0, 0.05) is 24.7 Å². The summed E-state index contributed by atoms with van der Waals surface area (Å²) in [7, 11) is 2.54. The maximum Gasteiger partial charge on any atom is 0.0728 e. The molecule has 194 valence electrons. The van der Waals surface area contributed by atoms with Crippen molar-refractivity contribution in [1.29, 1.82) is 0 Å². The van der Waals surface area contributed by atoms with Crippen LogP contribution in [0.25, 0.3) is 0 Å². The summed E-state index contributed by atoms with van der Waals surface area (Å²) >= 11 is 0. The highest BCUT2D eigenvalue weighted by molar-refractivity contribution is 8.76. The molecule has 0 rings (SSSR count). The number of hydrogen-bond acceptors (Lipinski definition) is 4. The Morgan fingerprint density at radius 2 is 0.812 bits per heavy atom. The second-order valence-corrected chi connectivity index (χ2v) is 18.9. The highest BCUT2D eigenvalue weighted by Crippen LogP contribution is 2.29. The lowest BCUT2D eigenvalue weighted by Crippen LogP contribution is -2.36. The molecule has 2 unspecified atom stereocenters. The first kappa shape index (κ1) is 33.1. The smallest absolute Gasteiger partial charge is 0.0728 e. The van der Waals surface area contributed by atoms with Gasteiger partial charge >= 0.3 is 0 Å². The van der Waals surface area contributed by atoms with Gasteiger partial charge in [0.25, 0.3) is 0 Å². The van der Waals surface area contributed by atoms with Gasteiger partial charge in [-0.3, -0.25) is 0 Å². The van der Waals surface area contributed by atoms with Crippen LogP contribution in [0, 0.1) is 0 Å². The van der Waals surface area contributed by atoms with E-state index in [1.165, 1.54) is 87.0 Å². The standard InChI is InChI=1S/C26H58O2S2Si2/c1-7-13-19-31(20-14-8-2)25(27-17-11-5)23-29-30-24-26(28-18-12-6)32(21-15-9-3)22-16-10-4/h25-26,31-32H,7-24H2,1-6H3. The van der Waals surface area contributed by atoms with E-state index in [9.17, 15) is 0 Å². The van der Waals surface area contributed by atoms with Crippen LogP contribution in [-0.2, 0) is 9.47 Å². The Balaban J connectivity index is 4.86. The first-order chi connectivity index (χ1) is 15.7. The van der Waals surface area contributed by atoms with Crippen molar-refractivity contribution >= 4 is 39.2 Å². The zero-order chi connectivity index (χ0) is 23.9. The van der Waals surface area contributed by atoms with Gasteiger partial charge in [-0.25, -0.2) is 0 Å². The Labute approximate surface area is 214 Å². The fourth-order valence-electron chi connectivity index (χ4n) is 4.31. The fourth-order valence-corrected chi connectivity index (χ4v) is 16.5. The third-order valence-electron chi connectivity index (χ3n) is 6.39. The van der Waals surface area contributed by atoms with E-state index in [1.807, 2.05) is 0 Å². The van der Waals surface area contributed by atoms with Crippen molar-refractivity contribution in [2.45, 2.75) is 141 Å². The summed E-state index contributed by atoms with van der Waals surface area (Å²) in [6.45, 7) is 15.8. The first-order valence-corrected chi connectivity index (χ1v) is 21.2. The van der Waals surface area contributed by atoms with Crippen molar-refractivity contribution in [3.8, 4) is 0 Å². The molecule has 0 bridgehead atoms. The van der Waals surface area contributed by atoms with E-state index in [0.717, 1.165) is 26.1 Å². The summed E-state index contributed by atoms with van der Waals surface area (Å²) in [5, 5.41) is 0. The van der Waals surface area contributed by atoms with Gasteiger partial charge in [-0.1, -0.05) is 139 Å². The van der Waals surface area contributed by atoms with Crippen LogP contribution >= 0.6 is 21.6 Å². The van der Waals surface area contributed by atoms with Crippen LogP contribution in [0.5, 0.6) is 0 Å². The lowest BCUT2D eigenvalue weighted by Gasteiger charge is -2.28. The molecule has 0 radical (unpaired) electrons. The van der Waals surface area contributed by atoms with E-state index < -0.39 is 17.6 Å². The first-order valence-electron chi connectivity index (χ1n) is 14.2. The quantitative estimate of drug-likeness (QED) is 0.0677. The minimum atomic E-state index is -0.831. The van der Waals surface area contributed by atoms with E-state index in [2.05, 4.69) is 63.1 Å². The van der Waals surface area contributed by atoms with Crippen molar-refractivity contribution in [1.82, 2.24) is 0 Å². The topological polar surface area (TPSA) is 18.5 Å². The molecule has 0 aliphatic rings. The summed E-state index contributed by atoms with van der Waals surface area (Å²) in [6, 6.07) is 5.89. The normalized spacial score (nSPS) is 13.9. The molecule has 0 fully saturated rings. The Bertz CT molecular complexity index is 328. The average Bonchev–Trinajstić information content (AvgIpc) is 2.81. The maximum absolute atomic E-state index is 6.48. The number of unbranched alkanes of at least 4 members (excludes halogenated alkanes) is 4. The van der Waals surface area contributed by atoms with Gasteiger partial charge < -0.3 is 9.47 Å². The highest BCUT2D eigenvalue weighted by atomic mass is 33.1. The maximum atomic E-state index is 6.48. The molecular formula is C26H58O2S2Si2. The molecule has 0 aliphatic heterocycles. The largest absolute Gasteiger partial charge is 0.381 e. The van der Waals surface area contributed by atoms with Crippen LogP contribution in [0.15, 0.2) is 0 Å². The fraction of sp³-hybridized carbons (Fsp3) is 1.00. The Hall–Kier alpha value is 1.05. The highest BCUT2D eigenvalue weighted by Gasteiger charge is 2.25. The predicted octanol–water partition coefficient (Wildman–Crippen LogP) is 8.69. The van der Waals surface area contributed by atoms with Gasteiger partial charge in [0.1, 0.15) is 0 Å². The monoisotopic (exact) mass is 522 g/mol. The van der Waals surface area contributed by atoms with Crippen LogP contribution in [0.4, 0.5) is 0 Å². The summed E-state index contributed by atoms with van der Waals surface area (Å²) in [6.07, 6.45) is 13.2. The molecule has 0 heterocycles. The number of ether oxygens (including phenoxy) is 2. The van der Waals surface area contributed by atoms with Crippen LogP contribution in [0.2, 0.25) is 24.2 Å². The van der Waals surface area contributed by atoms with E-state index in [-0.39, 0.29) is 0 Å². The zero-order valence-electron chi connectivity index (χ0n) is 22.7. The van der Waals surface area contributed by atoms with Crippen LogP contribution in [0.1, 0.15) is 106 Å². The second-order valence-electron chi connectivity index (χ2n) is 9.48. The molecule has 0 aliphatic carbocycles. The van der Waals surface area contributed by atoms with E-state index in [0.29, 0.717) is 11.5 Å². The number of rotatable bonds is 25. The average molecular weight is 523 g/mol. The molecule has 0 aromatic rings. The minimum Gasteiger partial charge on any atom is -0.381 e. The third-order valence-corrected chi connectivity index (χ3v) is 17.0. The molecule has 0 saturated heterocycles. The summed E-state index contributed by atoms with van der Waals surface area (Å²) < 4.78 is 13.0. The minimum absolute atomic E-state index is 0.564. The molecule has 2 atom stereocenters. The lowest BCUT2D eigenvalue weighted by molar-refractivity contribution is 0.116. The van der Waals surface area contributed by atoms with E-state index >= 15 is 0 Å². The van der Waals surface area contributed by atoms with Gasteiger partial charge in [-0.05, 0) is 12.8 Å². The Kier molecular flexibility index (Phi) is 26.0. The molecule has 0 N–H and O–H groups in total. The van der Waals surface area contributed by atoms with Crippen molar-refractivity contribution in [3.05, 3.63) is 0 Å².